The molecular formula is C16H21N3. The largest absolute Gasteiger partial charge is 0.342 e. The van der Waals surface area contributed by atoms with Crippen LogP contribution in [0.15, 0.2) is 18.2 Å². The van der Waals surface area contributed by atoms with Gasteiger partial charge in [0.2, 0.25) is 0 Å². The fourth-order valence-electron chi connectivity index (χ4n) is 3.51. The summed E-state index contributed by atoms with van der Waals surface area (Å²) in [6, 6.07) is 6.66. The number of imidazole rings is 1. The molecule has 0 radical (unpaired) electrons. The molecule has 2 fully saturated rings. The van der Waals surface area contributed by atoms with Crippen molar-refractivity contribution in [2.24, 2.45) is 5.73 Å². The number of nitrogens with two attached hydrogens (primary N) is 1. The molecule has 2 aliphatic carbocycles. The van der Waals surface area contributed by atoms with Gasteiger partial charge in [0.25, 0.3) is 0 Å². The normalized spacial score (nSPS) is 22.2. The Morgan fingerprint density at radius 1 is 1.26 bits per heavy atom. The third kappa shape index (κ3) is 1.79. The summed E-state index contributed by atoms with van der Waals surface area (Å²) in [6.45, 7) is 0.766. The molecule has 3 heteroatoms. The Morgan fingerprint density at radius 2 is 2.05 bits per heavy atom. The van der Waals surface area contributed by atoms with Crippen LogP contribution in [0.3, 0.4) is 0 Å². The van der Waals surface area contributed by atoms with E-state index in [9.17, 15) is 0 Å². The third-order valence-electron chi connectivity index (χ3n) is 5.10. The van der Waals surface area contributed by atoms with Crippen LogP contribution < -0.4 is 5.73 Å². The van der Waals surface area contributed by atoms with E-state index in [0.717, 1.165) is 12.1 Å². The topological polar surface area (TPSA) is 54.7 Å². The number of nitrogens with one attached hydrogen (secondary N) is 1. The first-order valence-electron chi connectivity index (χ1n) is 7.51. The van der Waals surface area contributed by atoms with Crippen LogP contribution in [0.25, 0.3) is 11.0 Å². The quantitative estimate of drug-likeness (QED) is 0.884. The number of hydrogen-bond acceptors (Lipinski definition) is 2. The number of H-pyrrole nitrogens is 1. The maximum absolute atomic E-state index is 5.92. The molecule has 4 rings (SSSR count). The minimum atomic E-state index is 0.271. The molecule has 1 aromatic carbocycles. The van der Waals surface area contributed by atoms with Gasteiger partial charge in [-0.05, 0) is 43.4 Å². The molecule has 0 aliphatic heterocycles. The van der Waals surface area contributed by atoms with Gasteiger partial charge in [-0.2, -0.15) is 0 Å². The minimum absolute atomic E-state index is 0.271. The van der Waals surface area contributed by atoms with E-state index in [-0.39, 0.29) is 5.41 Å². The lowest BCUT2D eigenvalue weighted by Gasteiger charge is -2.12. The van der Waals surface area contributed by atoms with Gasteiger partial charge in [0.15, 0.2) is 0 Å². The molecule has 0 amide bonds. The number of benzene rings is 1. The van der Waals surface area contributed by atoms with Gasteiger partial charge < -0.3 is 10.7 Å². The Balaban J connectivity index is 1.73. The van der Waals surface area contributed by atoms with E-state index >= 15 is 0 Å². The summed E-state index contributed by atoms with van der Waals surface area (Å²) in [5.41, 5.74) is 9.89. The third-order valence-corrected chi connectivity index (χ3v) is 5.10. The molecule has 2 aromatic rings. The van der Waals surface area contributed by atoms with Crippen LogP contribution in [0.1, 0.15) is 55.8 Å². The van der Waals surface area contributed by atoms with Crippen molar-refractivity contribution in [3.8, 4) is 0 Å². The summed E-state index contributed by atoms with van der Waals surface area (Å²) in [5.74, 6) is 1.85. The summed E-state index contributed by atoms with van der Waals surface area (Å²) in [7, 11) is 0. The smallest absolute Gasteiger partial charge is 0.110 e. The van der Waals surface area contributed by atoms with Crippen molar-refractivity contribution in [1.82, 2.24) is 9.97 Å². The number of aromatic nitrogens is 2. The molecule has 2 saturated carbocycles. The van der Waals surface area contributed by atoms with Crippen LogP contribution in [-0.2, 0) is 5.41 Å². The molecular weight excluding hydrogens is 234 g/mol. The molecule has 0 saturated heterocycles. The van der Waals surface area contributed by atoms with Crippen molar-refractivity contribution >= 4 is 11.0 Å². The zero-order valence-electron chi connectivity index (χ0n) is 11.3. The molecule has 100 valence electrons. The van der Waals surface area contributed by atoms with Crippen LogP contribution in [-0.4, -0.2) is 16.5 Å². The Kier molecular flexibility index (Phi) is 2.46. The van der Waals surface area contributed by atoms with Gasteiger partial charge in [-0.1, -0.05) is 18.9 Å². The van der Waals surface area contributed by atoms with E-state index in [0.29, 0.717) is 5.92 Å². The van der Waals surface area contributed by atoms with E-state index in [4.69, 9.17) is 10.7 Å². The van der Waals surface area contributed by atoms with E-state index in [1.54, 1.807) is 0 Å². The summed E-state index contributed by atoms with van der Waals surface area (Å²) >= 11 is 0. The molecule has 0 unspecified atom stereocenters. The van der Waals surface area contributed by atoms with Crippen molar-refractivity contribution < 1.29 is 0 Å². The van der Waals surface area contributed by atoms with Crippen molar-refractivity contribution in [2.45, 2.75) is 49.9 Å². The highest BCUT2D eigenvalue weighted by Gasteiger charge is 2.42. The van der Waals surface area contributed by atoms with Gasteiger partial charge in [-0.25, -0.2) is 4.98 Å². The number of rotatable bonds is 3. The van der Waals surface area contributed by atoms with Crippen molar-refractivity contribution in [3.63, 3.8) is 0 Å². The number of hydrogen-bond donors (Lipinski definition) is 2. The van der Waals surface area contributed by atoms with Gasteiger partial charge in [-0.15, -0.1) is 0 Å². The van der Waals surface area contributed by atoms with Gasteiger partial charge in [-0.3, -0.25) is 0 Å². The second-order valence-corrected chi connectivity index (χ2v) is 6.32. The van der Waals surface area contributed by atoms with E-state index < -0.39 is 0 Å². The fourth-order valence-corrected chi connectivity index (χ4v) is 3.51. The molecule has 1 heterocycles. The Hall–Kier alpha value is -1.35. The lowest BCUT2D eigenvalue weighted by atomic mass is 9.96. The van der Waals surface area contributed by atoms with E-state index in [1.165, 1.54) is 55.4 Å². The van der Waals surface area contributed by atoms with Crippen LogP contribution in [0, 0.1) is 0 Å². The molecule has 0 bridgehead atoms. The lowest BCUT2D eigenvalue weighted by Crippen LogP contribution is -2.19. The van der Waals surface area contributed by atoms with Crippen molar-refractivity contribution in [1.29, 1.82) is 0 Å². The average Bonchev–Trinajstić information content (AvgIpc) is 2.89. The Labute approximate surface area is 113 Å². The zero-order valence-corrected chi connectivity index (χ0v) is 11.3. The van der Waals surface area contributed by atoms with Crippen LogP contribution >= 0.6 is 0 Å². The highest BCUT2D eigenvalue weighted by molar-refractivity contribution is 5.76. The summed E-state index contributed by atoms with van der Waals surface area (Å²) < 4.78 is 0. The summed E-state index contributed by atoms with van der Waals surface area (Å²) in [6.07, 6.45) is 7.75. The summed E-state index contributed by atoms with van der Waals surface area (Å²) in [4.78, 5) is 8.33. The van der Waals surface area contributed by atoms with Gasteiger partial charge in [0, 0.05) is 17.9 Å². The van der Waals surface area contributed by atoms with E-state index in [2.05, 4.69) is 23.2 Å². The number of aromatic amines is 1. The lowest BCUT2D eigenvalue weighted by molar-refractivity contribution is 0.681. The predicted octanol–water partition coefficient (Wildman–Crippen LogP) is 3.21. The Bertz CT molecular complexity index is 603. The van der Waals surface area contributed by atoms with Crippen LogP contribution in [0.5, 0.6) is 0 Å². The fraction of sp³-hybridized carbons (Fsp3) is 0.562. The van der Waals surface area contributed by atoms with E-state index in [1.807, 2.05) is 0 Å². The number of fused-ring (bicyclic) bond motifs is 1. The molecule has 3 N–H and O–H groups in total. The second kappa shape index (κ2) is 4.07. The molecule has 19 heavy (non-hydrogen) atoms. The standard InChI is InChI=1S/C16H21N3/c17-10-16(7-8-16)12-5-6-13-14(9-12)19-15(18-13)11-3-1-2-4-11/h5-6,9,11H,1-4,7-8,10,17H2,(H,18,19). The number of nitrogens with zero attached hydrogens (tertiary/aromatic N) is 1. The first kappa shape index (κ1) is 11.5. The monoisotopic (exact) mass is 255 g/mol. The second-order valence-electron chi connectivity index (χ2n) is 6.32. The van der Waals surface area contributed by atoms with Gasteiger partial charge >= 0.3 is 0 Å². The molecule has 0 spiro atoms. The molecule has 0 atom stereocenters. The maximum atomic E-state index is 5.92. The molecule has 1 aromatic heterocycles. The maximum Gasteiger partial charge on any atom is 0.110 e. The highest BCUT2D eigenvalue weighted by atomic mass is 14.9. The minimum Gasteiger partial charge on any atom is -0.342 e. The Morgan fingerprint density at radius 3 is 2.74 bits per heavy atom. The molecule has 2 aliphatic rings. The zero-order chi connectivity index (χ0) is 12.9. The van der Waals surface area contributed by atoms with Crippen molar-refractivity contribution in [3.05, 3.63) is 29.6 Å². The van der Waals surface area contributed by atoms with Crippen molar-refractivity contribution in [2.75, 3.05) is 6.54 Å². The summed E-state index contributed by atoms with van der Waals surface area (Å²) in [5, 5.41) is 0. The predicted molar refractivity (Wildman–Crippen MR) is 77.3 cm³/mol. The first-order chi connectivity index (χ1) is 9.31. The first-order valence-corrected chi connectivity index (χ1v) is 7.51. The molecule has 3 nitrogen and oxygen atoms in total. The van der Waals surface area contributed by atoms with Gasteiger partial charge in [0.05, 0.1) is 11.0 Å². The van der Waals surface area contributed by atoms with Gasteiger partial charge in [0.1, 0.15) is 5.82 Å². The average molecular weight is 255 g/mol. The van der Waals surface area contributed by atoms with Crippen LogP contribution in [0.2, 0.25) is 0 Å². The SMILES string of the molecule is NCC1(c2ccc3nc(C4CCCC4)[nH]c3c2)CC1. The van der Waals surface area contributed by atoms with Crippen LogP contribution in [0.4, 0.5) is 0 Å². The highest BCUT2D eigenvalue weighted by Crippen LogP contribution is 2.47.